The predicted molar refractivity (Wildman–Crippen MR) is 130 cm³/mol. The Morgan fingerprint density at radius 3 is 2.13 bits per heavy atom. The van der Waals surface area contributed by atoms with Gasteiger partial charge in [0.05, 0.1) is 0 Å². The molecule has 5 fully saturated rings. The van der Waals surface area contributed by atoms with Crippen LogP contribution in [0, 0.1) is 62.6 Å². The van der Waals surface area contributed by atoms with Crippen molar-refractivity contribution in [3.63, 3.8) is 0 Å². The van der Waals surface area contributed by atoms with Crippen LogP contribution >= 0.6 is 0 Å². The van der Waals surface area contributed by atoms with Gasteiger partial charge >= 0.3 is 0 Å². The molecule has 5 aliphatic carbocycles. The largest absolute Gasteiger partial charge is 0.299 e. The van der Waals surface area contributed by atoms with Crippen molar-refractivity contribution in [3.8, 4) is 0 Å². The van der Waals surface area contributed by atoms with Crippen molar-refractivity contribution in [2.45, 2.75) is 120 Å². The Balaban J connectivity index is 1.54. The number of fused-ring (bicyclic) bond motifs is 7. The van der Waals surface area contributed by atoms with Gasteiger partial charge in [-0.2, -0.15) is 0 Å². The molecule has 5 aliphatic rings. The predicted octanol–water partition coefficient (Wildman–Crippen LogP) is 8.31. The third kappa shape index (κ3) is 2.65. The van der Waals surface area contributed by atoms with Gasteiger partial charge in [0.15, 0.2) is 0 Å². The molecule has 3 unspecified atom stereocenters. The summed E-state index contributed by atoms with van der Waals surface area (Å²) in [6, 6.07) is 0. The Labute approximate surface area is 192 Å². The first-order chi connectivity index (χ1) is 14.3. The lowest BCUT2D eigenvalue weighted by Gasteiger charge is -2.72. The van der Waals surface area contributed by atoms with E-state index >= 15 is 0 Å². The van der Waals surface area contributed by atoms with Crippen LogP contribution in [0.1, 0.15) is 120 Å². The topological polar surface area (TPSA) is 17.1 Å². The van der Waals surface area contributed by atoms with E-state index < -0.39 is 0 Å². The van der Waals surface area contributed by atoms with Gasteiger partial charge in [0, 0.05) is 11.8 Å². The maximum atomic E-state index is 12.9. The van der Waals surface area contributed by atoms with Crippen LogP contribution in [-0.4, -0.2) is 5.78 Å². The molecular formula is C30H50O. The summed E-state index contributed by atoms with van der Waals surface area (Å²) in [6.07, 6.45) is 13.3. The summed E-state index contributed by atoms with van der Waals surface area (Å²) in [4.78, 5) is 12.9. The quantitative estimate of drug-likeness (QED) is 0.412. The maximum absolute atomic E-state index is 12.9. The average Bonchev–Trinajstić information content (AvgIpc) is 3.04. The second-order valence-electron chi connectivity index (χ2n) is 14.9. The fourth-order valence-corrected chi connectivity index (χ4v) is 11.5. The van der Waals surface area contributed by atoms with Crippen LogP contribution in [0.25, 0.3) is 0 Å². The molecular weight excluding hydrogens is 376 g/mol. The minimum Gasteiger partial charge on any atom is -0.299 e. The summed E-state index contributed by atoms with van der Waals surface area (Å²) in [5.41, 5.74) is 1.76. The standard InChI is InChI=1S/C30H50O/c1-19(2)20-11-14-27(5)17-18-29(7)21(25(20)27)9-10-23-28(6)15-13-24(31)26(3,4)22(28)12-16-30(23,29)8/h19-23,25H,9-18H2,1-8H3/t20?,21-,22?,23-,25?,27-,28+,29-,30-/m1/s1. The van der Waals surface area contributed by atoms with E-state index in [0.717, 1.165) is 42.4 Å². The zero-order valence-corrected chi connectivity index (χ0v) is 21.9. The summed E-state index contributed by atoms with van der Waals surface area (Å²) in [7, 11) is 0. The van der Waals surface area contributed by atoms with Crippen molar-refractivity contribution < 1.29 is 4.79 Å². The minimum atomic E-state index is -0.120. The summed E-state index contributed by atoms with van der Waals surface area (Å²) in [6.45, 7) is 20.3. The van der Waals surface area contributed by atoms with Gasteiger partial charge < -0.3 is 0 Å². The molecule has 0 amide bonds. The molecule has 31 heavy (non-hydrogen) atoms. The van der Waals surface area contributed by atoms with Crippen LogP contribution in [0.3, 0.4) is 0 Å². The molecule has 0 aromatic heterocycles. The van der Waals surface area contributed by atoms with Crippen LogP contribution in [0.15, 0.2) is 0 Å². The molecule has 0 aromatic carbocycles. The molecule has 0 radical (unpaired) electrons. The van der Waals surface area contributed by atoms with Crippen molar-refractivity contribution >= 4 is 5.78 Å². The highest BCUT2D eigenvalue weighted by molar-refractivity contribution is 5.85. The summed E-state index contributed by atoms with van der Waals surface area (Å²) in [5, 5.41) is 0. The second-order valence-corrected chi connectivity index (χ2v) is 14.9. The van der Waals surface area contributed by atoms with Crippen LogP contribution in [0.4, 0.5) is 0 Å². The zero-order valence-electron chi connectivity index (χ0n) is 21.9. The molecule has 0 spiro atoms. The molecule has 176 valence electrons. The highest BCUT2D eigenvalue weighted by Crippen LogP contribution is 2.77. The number of carbonyl (C=O) groups excluding carboxylic acids is 1. The van der Waals surface area contributed by atoms with Gasteiger partial charge in [0.25, 0.3) is 0 Å². The highest BCUT2D eigenvalue weighted by Gasteiger charge is 2.70. The number of ketones is 1. The first-order valence-electron chi connectivity index (χ1n) is 13.8. The molecule has 5 saturated carbocycles. The third-order valence-electron chi connectivity index (χ3n) is 13.5. The van der Waals surface area contributed by atoms with Gasteiger partial charge in [-0.15, -0.1) is 0 Å². The van der Waals surface area contributed by atoms with Crippen molar-refractivity contribution in [1.82, 2.24) is 0 Å². The van der Waals surface area contributed by atoms with Crippen LogP contribution in [0.5, 0.6) is 0 Å². The van der Waals surface area contributed by atoms with Gasteiger partial charge in [-0.05, 0) is 115 Å². The van der Waals surface area contributed by atoms with E-state index in [4.69, 9.17) is 0 Å². The molecule has 0 N–H and O–H groups in total. The van der Waals surface area contributed by atoms with Crippen LogP contribution in [0.2, 0.25) is 0 Å². The lowest BCUT2D eigenvalue weighted by Crippen LogP contribution is -2.66. The molecule has 0 aliphatic heterocycles. The van der Waals surface area contributed by atoms with Gasteiger partial charge in [0.2, 0.25) is 0 Å². The van der Waals surface area contributed by atoms with Crippen molar-refractivity contribution in [2.24, 2.45) is 62.6 Å². The fourth-order valence-electron chi connectivity index (χ4n) is 11.5. The van der Waals surface area contributed by atoms with Crippen molar-refractivity contribution in [2.75, 3.05) is 0 Å². The normalized spacial score (nSPS) is 55.9. The summed E-state index contributed by atoms with van der Waals surface area (Å²) in [5.74, 6) is 5.56. The summed E-state index contributed by atoms with van der Waals surface area (Å²) >= 11 is 0. The fraction of sp³-hybridized carbons (Fsp3) is 0.967. The number of Topliss-reactive ketones (excluding diaryl/α,β-unsaturated/α-hetero) is 1. The van der Waals surface area contributed by atoms with E-state index in [1.54, 1.807) is 0 Å². The Bertz CT molecular complexity index is 764. The van der Waals surface area contributed by atoms with E-state index in [0.29, 0.717) is 33.4 Å². The Kier molecular flexibility index (Phi) is 4.80. The van der Waals surface area contributed by atoms with E-state index in [1.165, 1.54) is 51.4 Å². The number of hydrogen-bond donors (Lipinski definition) is 0. The molecule has 1 nitrogen and oxygen atoms in total. The smallest absolute Gasteiger partial charge is 0.138 e. The Morgan fingerprint density at radius 2 is 1.45 bits per heavy atom. The number of hydrogen-bond acceptors (Lipinski definition) is 1. The maximum Gasteiger partial charge on any atom is 0.138 e. The SMILES string of the molecule is CC(C)C1CC[C@]2(C)CC[C@]3(C)[C@H](CC[C@@H]4[C@@]5(C)CCC(=O)C(C)(C)C5CC[C@]43C)C12. The highest BCUT2D eigenvalue weighted by atomic mass is 16.1. The van der Waals surface area contributed by atoms with Gasteiger partial charge in [0.1, 0.15) is 5.78 Å². The lowest BCUT2D eigenvalue weighted by atomic mass is 9.32. The van der Waals surface area contributed by atoms with E-state index in [9.17, 15) is 4.79 Å². The molecule has 0 aromatic rings. The molecule has 1 heteroatoms. The van der Waals surface area contributed by atoms with E-state index in [1.807, 2.05) is 0 Å². The molecule has 5 rings (SSSR count). The monoisotopic (exact) mass is 426 g/mol. The average molecular weight is 427 g/mol. The van der Waals surface area contributed by atoms with Crippen molar-refractivity contribution in [1.29, 1.82) is 0 Å². The van der Waals surface area contributed by atoms with E-state index in [2.05, 4.69) is 55.4 Å². The third-order valence-corrected chi connectivity index (χ3v) is 13.5. The van der Waals surface area contributed by atoms with Gasteiger partial charge in [-0.1, -0.05) is 55.4 Å². The van der Waals surface area contributed by atoms with Gasteiger partial charge in [-0.3, -0.25) is 4.79 Å². The van der Waals surface area contributed by atoms with E-state index in [-0.39, 0.29) is 5.41 Å². The Hall–Kier alpha value is -0.330. The Morgan fingerprint density at radius 1 is 0.742 bits per heavy atom. The van der Waals surface area contributed by atoms with Crippen LogP contribution in [-0.2, 0) is 4.79 Å². The minimum absolute atomic E-state index is 0.120. The van der Waals surface area contributed by atoms with Crippen LogP contribution < -0.4 is 0 Å². The molecule has 0 saturated heterocycles. The molecule has 0 heterocycles. The second kappa shape index (κ2) is 6.63. The van der Waals surface area contributed by atoms with Gasteiger partial charge in [-0.25, -0.2) is 0 Å². The zero-order chi connectivity index (χ0) is 22.6. The van der Waals surface area contributed by atoms with Crippen molar-refractivity contribution in [3.05, 3.63) is 0 Å². The molecule has 0 bridgehead atoms. The summed E-state index contributed by atoms with van der Waals surface area (Å²) < 4.78 is 0. The first-order valence-corrected chi connectivity index (χ1v) is 13.8. The molecule has 9 atom stereocenters. The number of carbonyl (C=O) groups is 1. The first kappa shape index (κ1) is 22.5. The lowest BCUT2D eigenvalue weighted by molar-refractivity contribution is -0.234. The number of rotatable bonds is 1.